The van der Waals surface area contributed by atoms with Crippen LogP contribution in [0.5, 0.6) is 0 Å². The quantitative estimate of drug-likeness (QED) is 0.810. The number of benzene rings is 1. The molecule has 110 valence electrons. The third kappa shape index (κ3) is 3.82. The second kappa shape index (κ2) is 6.41. The van der Waals surface area contributed by atoms with Crippen LogP contribution in [0, 0.1) is 13.8 Å². The van der Waals surface area contributed by atoms with Crippen molar-refractivity contribution in [3.63, 3.8) is 0 Å². The van der Waals surface area contributed by atoms with Gasteiger partial charge in [-0.15, -0.1) is 11.3 Å². The summed E-state index contributed by atoms with van der Waals surface area (Å²) in [4.78, 5) is 24.2. The van der Waals surface area contributed by atoms with Crippen LogP contribution in [-0.2, 0) is 6.54 Å². The number of carboxylic acids is 1. The first-order chi connectivity index (χ1) is 9.97. The maximum atomic E-state index is 11.9. The number of thiophene rings is 1. The van der Waals surface area contributed by atoms with Crippen molar-refractivity contribution in [3.05, 3.63) is 51.2 Å². The van der Waals surface area contributed by atoms with Gasteiger partial charge in [-0.2, -0.15) is 0 Å². The standard InChI is InChI=1S/C15H16N2O3S/c1-9-6-10(2)13(12(7-9)14(18)19)17-15(20)16-8-11-4-3-5-21-11/h3-7H,8H2,1-2H3,(H,18,19)(H2,16,17,20). The smallest absolute Gasteiger partial charge is 0.337 e. The fraction of sp³-hybridized carbons (Fsp3) is 0.200. The molecule has 1 heterocycles. The van der Waals surface area contributed by atoms with Crippen molar-refractivity contribution >= 4 is 29.0 Å². The van der Waals surface area contributed by atoms with E-state index >= 15 is 0 Å². The molecule has 0 aliphatic rings. The molecule has 0 fully saturated rings. The Balaban J connectivity index is 2.11. The number of carbonyl (C=O) groups excluding carboxylic acids is 1. The number of anilines is 1. The van der Waals surface area contributed by atoms with E-state index in [2.05, 4.69) is 10.6 Å². The molecular formula is C15H16N2O3S. The lowest BCUT2D eigenvalue weighted by molar-refractivity contribution is 0.0698. The van der Waals surface area contributed by atoms with E-state index in [0.29, 0.717) is 12.2 Å². The van der Waals surface area contributed by atoms with Gasteiger partial charge in [-0.25, -0.2) is 9.59 Å². The third-order valence-electron chi connectivity index (χ3n) is 2.95. The number of hydrogen-bond acceptors (Lipinski definition) is 3. The van der Waals surface area contributed by atoms with Crippen LogP contribution in [0.15, 0.2) is 29.6 Å². The van der Waals surface area contributed by atoms with Crippen LogP contribution in [-0.4, -0.2) is 17.1 Å². The number of aromatic carboxylic acids is 1. The Morgan fingerprint density at radius 3 is 2.67 bits per heavy atom. The molecule has 0 atom stereocenters. The zero-order valence-electron chi connectivity index (χ0n) is 11.8. The van der Waals surface area contributed by atoms with Gasteiger partial charge in [-0.3, -0.25) is 0 Å². The Kier molecular flexibility index (Phi) is 4.59. The highest BCUT2D eigenvalue weighted by Gasteiger charge is 2.15. The first-order valence-electron chi connectivity index (χ1n) is 6.39. The van der Waals surface area contributed by atoms with Crippen molar-refractivity contribution in [2.75, 3.05) is 5.32 Å². The summed E-state index contributed by atoms with van der Waals surface area (Å²) < 4.78 is 0. The molecule has 0 unspecified atom stereocenters. The maximum Gasteiger partial charge on any atom is 0.337 e. The normalized spacial score (nSPS) is 10.2. The fourth-order valence-corrected chi connectivity index (χ4v) is 2.69. The summed E-state index contributed by atoms with van der Waals surface area (Å²) in [6, 6.07) is 6.79. The summed E-state index contributed by atoms with van der Waals surface area (Å²) in [5, 5.41) is 16.5. The van der Waals surface area contributed by atoms with Crippen LogP contribution in [0.25, 0.3) is 0 Å². The molecule has 2 aromatic rings. The molecule has 6 heteroatoms. The van der Waals surface area contributed by atoms with E-state index in [4.69, 9.17) is 0 Å². The Bertz CT molecular complexity index is 666. The molecule has 0 bridgehead atoms. The van der Waals surface area contributed by atoms with E-state index < -0.39 is 12.0 Å². The first-order valence-corrected chi connectivity index (χ1v) is 7.27. The van der Waals surface area contributed by atoms with Crippen LogP contribution >= 0.6 is 11.3 Å². The summed E-state index contributed by atoms with van der Waals surface area (Å²) in [5.74, 6) is -1.06. The van der Waals surface area contributed by atoms with E-state index in [1.165, 1.54) is 0 Å². The summed E-state index contributed by atoms with van der Waals surface area (Å²) >= 11 is 1.55. The lowest BCUT2D eigenvalue weighted by Gasteiger charge is -2.13. The van der Waals surface area contributed by atoms with Gasteiger partial charge in [0.1, 0.15) is 0 Å². The Hall–Kier alpha value is -2.34. The number of hydrogen-bond donors (Lipinski definition) is 3. The van der Waals surface area contributed by atoms with Gasteiger partial charge in [-0.1, -0.05) is 12.1 Å². The van der Waals surface area contributed by atoms with Crippen molar-refractivity contribution in [2.24, 2.45) is 0 Å². The molecule has 0 aliphatic carbocycles. The van der Waals surface area contributed by atoms with E-state index in [1.807, 2.05) is 30.5 Å². The van der Waals surface area contributed by atoms with Gasteiger partial charge < -0.3 is 15.7 Å². The van der Waals surface area contributed by atoms with Crippen LogP contribution in [0.4, 0.5) is 10.5 Å². The SMILES string of the molecule is Cc1cc(C)c(NC(=O)NCc2cccs2)c(C(=O)O)c1. The molecule has 3 N–H and O–H groups in total. The van der Waals surface area contributed by atoms with Crippen molar-refractivity contribution in [3.8, 4) is 0 Å². The second-order valence-electron chi connectivity index (χ2n) is 4.70. The van der Waals surface area contributed by atoms with Gasteiger partial charge in [0, 0.05) is 4.88 Å². The van der Waals surface area contributed by atoms with Gasteiger partial charge in [0.05, 0.1) is 17.8 Å². The fourth-order valence-electron chi connectivity index (χ4n) is 2.04. The Labute approximate surface area is 126 Å². The summed E-state index contributed by atoms with van der Waals surface area (Å²) in [5.41, 5.74) is 1.99. The average molecular weight is 304 g/mol. The minimum Gasteiger partial charge on any atom is -0.478 e. The largest absolute Gasteiger partial charge is 0.478 e. The van der Waals surface area contributed by atoms with Crippen molar-refractivity contribution < 1.29 is 14.7 Å². The predicted octanol–water partition coefficient (Wildman–Crippen LogP) is 3.38. The molecular weight excluding hydrogens is 288 g/mol. The van der Waals surface area contributed by atoms with Gasteiger partial charge in [0.2, 0.25) is 0 Å². The Morgan fingerprint density at radius 2 is 2.05 bits per heavy atom. The molecule has 1 aromatic carbocycles. The Morgan fingerprint density at radius 1 is 1.29 bits per heavy atom. The van der Waals surface area contributed by atoms with Gasteiger partial charge in [0.25, 0.3) is 0 Å². The van der Waals surface area contributed by atoms with Crippen molar-refractivity contribution in [2.45, 2.75) is 20.4 Å². The highest BCUT2D eigenvalue weighted by molar-refractivity contribution is 7.09. The number of carbonyl (C=O) groups is 2. The first kappa shape index (κ1) is 15.1. The molecule has 0 saturated heterocycles. The molecule has 1 aromatic heterocycles. The topological polar surface area (TPSA) is 78.4 Å². The lowest BCUT2D eigenvalue weighted by atomic mass is 10.0. The molecule has 21 heavy (non-hydrogen) atoms. The highest BCUT2D eigenvalue weighted by atomic mass is 32.1. The highest BCUT2D eigenvalue weighted by Crippen LogP contribution is 2.23. The summed E-state index contributed by atoms with van der Waals surface area (Å²) in [7, 11) is 0. The van der Waals surface area contributed by atoms with Gasteiger partial charge in [-0.05, 0) is 42.5 Å². The van der Waals surface area contributed by atoms with E-state index in [-0.39, 0.29) is 5.56 Å². The predicted molar refractivity (Wildman–Crippen MR) is 83.1 cm³/mol. The van der Waals surface area contributed by atoms with Crippen LogP contribution in [0.2, 0.25) is 0 Å². The molecule has 0 saturated carbocycles. The maximum absolute atomic E-state index is 11.9. The van der Waals surface area contributed by atoms with E-state index in [9.17, 15) is 14.7 Å². The monoisotopic (exact) mass is 304 g/mol. The molecule has 5 nitrogen and oxygen atoms in total. The molecule has 0 aliphatic heterocycles. The number of nitrogens with one attached hydrogen (secondary N) is 2. The van der Waals surface area contributed by atoms with Gasteiger partial charge in [0.15, 0.2) is 0 Å². The summed E-state index contributed by atoms with van der Waals surface area (Å²) in [6.45, 7) is 4.01. The zero-order valence-corrected chi connectivity index (χ0v) is 12.6. The molecule has 2 rings (SSSR count). The van der Waals surface area contributed by atoms with Crippen molar-refractivity contribution in [1.29, 1.82) is 0 Å². The van der Waals surface area contributed by atoms with Crippen molar-refractivity contribution in [1.82, 2.24) is 5.32 Å². The average Bonchev–Trinajstić information content (AvgIpc) is 2.92. The molecule has 0 spiro atoms. The lowest BCUT2D eigenvalue weighted by Crippen LogP contribution is -2.29. The second-order valence-corrected chi connectivity index (χ2v) is 5.73. The van der Waals surface area contributed by atoms with Crippen LogP contribution in [0.1, 0.15) is 26.4 Å². The summed E-state index contributed by atoms with van der Waals surface area (Å²) in [6.07, 6.45) is 0. The van der Waals surface area contributed by atoms with E-state index in [0.717, 1.165) is 16.0 Å². The van der Waals surface area contributed by atoms with Crippen LogP contribution < -0.4 is 10.6 Å². The molecule has 0 radical (unpaired) electrons. The van der Waals surface area contributed by atoms with Crippen LogP contribution in [0.3, 0.4) is 0 Å². The number of aryl methyl sites for hydroxylation is 2. The van der Waals surface area contributed by atoms with E-state index in [1.54, 1.807) is 24.3 Å². The third-order valence-corrected chi connectivity index (χ3v) is 3.83. The van der Waals surface area contributed by atoms with Gasteiger partial charge >= 0.3 is 12.0 Å². The zero-order chi connectivity index (χ0) is 15.4. The number of carboxylic acid groups (broad SMARTS) is 1. The minimum absolute atomic E-state index is 0.0961. The minimum atomic E-state index is -1.06. The number of amides is 2. The number of rotatable bonds is 4. The molecule has 2 amide bonds. The number of urea groups is 1.